The summed E-state index contributed by atoms with van der Waals surface area (Å²) in [4.78, 5) is 27.7. The molecule has 8 nitrogen and oxygen atoms in total. The zero-order valence-electron chi connectivity index (χ0n) is 17.7. The van der Waals surface area contributed by atoms with Crippen molar-refractivity contribution >= 4 is 5.91 Å². The van der Waals surface area contributed by atoms with Crippen LogP contribution in [0.3, 0.4) is 0 Å². The molecule has 1 aromatic heterocycles. The highest BCUT2D eigenvalue weighted by molar-refractivity contribution is 5.79. The number of carbonyl (C=O) groups is 1. The number of methoxy groups -OCH3 is 1. The summed E-state index contributed by atoms with van der Waals surface area (Å²) in [6.45, 7) is 3.44. The van der Waals surface area contributed by atoms with Crippen LogP contribution in [-0.4, -0.2) is 52.0 Å². The van der Waals surface area contributed by atoms with Crippen molar-refractivity contribution < 1.29 is 14.3 Å². The van der Waals surface area contributed by atoms with Gasteiger partial charge in [0.15, 0.2) is 12.4 Å². The summed E-state index contributed by atoms with van der Waals surface area (Å²) in [5.74, 6) is 1.06. The van der Waals surface area contributed by atoms with Crippen LogP contribution >= 0.6 is 0 Å². The van der Waals surface area contributed by atoms with Crippen LogP contribution in [0.25, 0.3) is 0 Å². The van der Waals surface area contributed by atoms with Gasteiger partial charge in [0.25, 0.3) is 5.91 Å². The summed E-state index contributed by atoms with van der Waals surface area (Å²) in [6, 6.07) is 16.8. The Balaban J connectivity index is 1.63. The van der Waals surface area contributed by atoms with Gasteiger partial charge in [0, 0.05) is 20.2 Å². The molecule has 0 bridgehead atoms. The Labute approximate surface area is 180 Å². The zero-order chi connectivity index (χ0) is 21.8. The van der Waals surface area contributed by atoms with E-state index in [0.29, 0.717) is 37.8 Å². The second-order valence-electron chi connectivity index (χ2n) is 7.51. The first-order valence-electron chi connectivity index (χ1n) is 10.3. The Morgan fingerprint density at radius 3 is 2.68 bits per heavy atom. The average Bonchev–Trinajstić information content (AvgIpc) is 3.11. The number of carbonyl (C=O) groups excluding carboxylic acids is 1. The third-order valence-corrected chi connectivity index (χ3v) is 5.37. The molecule has 31 heavy (non-hydrogen) atoms. The Hall–Kier alpha value is -3.39. The van der Waals surface area contributed by atoms with E-state index in [1.165, 1.54) is 4.68 Å². The Morgan fingerprint density at radius 1 is 1.13 bits per heavy atom. The number of rotatable bonds is 7. The average molecular weight is 422 g/mol. The van der Waals surface area contributed by atoms with E-state index in [-0.39, 0.29) is 18.2 Å². The van der Waals surface area contributed by atoms with Gasteiger partial charge >= 0.3 is 5.69 Å². The number of hydrogen-bond donors (Lipinski definition) is 0. The van der Waals surface area contributed by atoms with Crippen LogP contribution in [0.4, 0.5) is 0 Å². The molecule has 1 amide bonds. The minimum absolute atomic E-state index is 0.0819. The summed E-state index contributed by atoms with van der Waals surface area (Å²) in [7, 11) is 1.59. The van der Waals surface area contributed by atoms with Crippen LogP contribution in [0.2, 0.25) is 0 Å². The van der Waals surface area contributed by atoms with Gasteiger partial charge < -0.3 is 14.4 Å². The van der Waals surface area contributed by atoms with Crippen molar-refractivity contribution in [3.05, 3.63) is 82.0 Å². The van der Waals surface area contributed by atoms with Gasteiger partial charge in [-0.3, -0.25) is 9.36 Å². The molecule has 2 aromatic carbocycles. The maximum Gasteiger partial charge on any atom is 0.346 e. The lowest BCUT2D eigenvalue weighted by Crippen LogP contribution is -2.46. The predicted molar refractivity (Wildman–Crippen MR) is 115 cm³/mol. The highest BCUT2D eigenvalue weighted by Gasteiger charge is 2.36. The van der Waals surface area contributed by atoms with Gasteiger partial charge in [-0.15, -0.1) is 0 Å². The van der Waals surface area contributed by atoms with E-state index in [4.69, 9.17) is 9.47 Å². The molecular weight excluding hydrogens is 396 g/mol. The Bertz CT molecular complexity index is 1110. The van der Waals surface area contributed by atoms with Crippen molar-refractivity contribution in [2.45, 2.75) is 26.1 Å². The van der Waals surface area contributed by atoms with Crippen LogP contribution in [-0.2, 0) is 22.6 Å². The van der Waals surface area contributed by atoms with E-state index >= 15 is 0 Å². The third-order valence-electron chi connectivity index (χ3n) is 5.37. The highest BCUT2D eigenvalue weighted by Crippen LogP contribution is 2.30. The molecule has 0 N–H and O–H groups in total. The van der Waals surface area contributed by atoms with Gasteiger partial charge in [0.1, 0.15) is 11.8 Å². The van der Waals surface area contributed by atoms with Crippen LogP contribution < -0.4 is 10.4 Å². The largest absolute Gasteiger partial charge is 0.484 e. The number of amides is 1. The fraction of sp³-hybridized carbons (Fsp3) is 0.348. The first kappa shape index (κ1) is 20.9. The van der Waals surface area contributed by atoms with Gasteiger partial charge in [-0.05, 0) is 30.2 Å². The van der Waals surface area contributed by atoms with Crippen molar-refractivity contribution in [2.24, 2.45) is 0 Å². The SMILES string of the molecule is COCCn1nc2n(c1=O)CCN(C(=O)COc1cccc(C)c1)C2c1ccccc1. The monoisotopic (exact) mass is 422 g/mol. The smallest absolute Gasteiger partial charge is 0.346 e. The van der Waals surface area contributed by atoms with Crippen LogP contribution in [0.1, 0.15) is 23.0 Å². The summed E-state index contributed by atoms with van der Waals surface area (Å²) < 4.78 is 13.9. The maximum atomic E-state index is 13.2. The number of fused-ring (bicyclic) bond motifs is 1. The molecule has 0 fully saturated rings. The van der Waals surface area contributed by atoms with E-state index in [2.05, 4.69) is 5.10 Å². The van der Waals surface area contributed by atoms with E-state index in [1.54, 1.807) is 16.6 Å². The minimum atomic E-state index is -0.458. The van der Waals surface area contributed by atoms with E-state index in [0.717, 1.165) is 11.1 Å². The lowest BCUT2D eigenvalue weighted by Gasteiger charge is -2.35. The van der Waals surface area contributed by atoms with Crippen LogP contribution in [0.5, 0.6) is 5.75 Å². The lowest BCUT2D eigenvalue weighted by molar-refractivity contribution is -0.136. The van der Waals surface area contributed by atoms with Gasteiger partial charge in [-0.25, -0.2) is 9.48 Å². The predicted octanol–water partition coefficient (Wildman–Crippen LogP) is 2.01. The van der Waals surface area contributed by atoms with Crippen molar-refractivity contribution in [3.8, 4) is 5.75 Å². The molecule has 4 rings (SSSR count). The summed E-state index contributed by atoms with van der Waals surface area (Å²) >= 11 is 0. The molecule has 8 heteroatoms. The molecule has 1 aliphatic heterocycles. The number of aryl methyl sites for hydroxylation is 1. The maximum absolute atomic E-state index is 13.2. The highest BCUT2D eigenvalue weighted by atomic mass is 16.5. The Kier molecular flexibility index (Phi) is 6.18. The van der Waals surface area contributed by atoms with E-state index in [1.807, 2.05) is 61.5 Å². The Morgan fingerprint density at radius 2 is 1.94 bits per heavy atom. The molecular formula is C23H26N4O4. The van der Waals surface area contributed by atoms with Gasteiger partial charge in [-0.1, -0.05) is 42.5 Å². The van der Waals surface area contributed by atoms with Gasteiger partial charge in [0.2, 0.25) is 0 Å². The standard InChI is InChI=1S/C23H26N4O4/c1-17-7-6-10-19(15-17)31-16-20(28)25-11-12-26-22(21(25)18-8-4-3-5-9-18)24-27(23(26)29)13-14-30-2/h3-10,15,21H,11-14,16H2,1-2H3. The van der Waals surface area contributed by atoms with Crippen LogP contribution in [0, 0.1) is 6.92 Å². The van der Waals surface area contributed by atoms with E-state index < -0.39 is 6.04 Å². The summed E-state index contributed by atoms with van der Waals surface area (Å²) in [5.41, 5.74) is 1.78. The van der Waals surface area contributed by atoms with Crippen molar-refractivity contribution in [1.29, 1.82) is 0 Å². The van der Waals surface area contributed by atoms with Crippen molar-refractivity contribution in [1.82, 2.24) is 19.2 Å². The normalized spacial score (nSPS) is 15.5. The van der Waals surface area contributed by atoms with Crippen LogP contribution in [0.15, 0.2) is 59.4 Å². The van der Waals surface area contributed by atoms with Gasteiger partial charge in [0.05, 0.1) is 13.2 Å². The number of aromatic nitrogens is 3. The third kappa shape index (κ3) is 4.39. The van der Waals surface area contributed by atoms with Crippen molar-refractivity contribution in [2.75, 3.05) is 26.9 Å². The summed E-state index contributed by atoms with van der Waals surface area (Å²) in [5, 5.41) is 4.56. The van der Waals surface area contributed by atoms with E-state index in [9.17, 15) is 9.59 Å². The first-order valence-corrected chi connectivity index (χ1v) is 10.3. The number of ether oxygens (including phenoxy) is 2. The minimum Gasteiger partial charge on any atom is -0.484 e. The molecule has 0 saturated carbocycles. The topological polar surface area (TPSA) is 78.6 Å². The van der Waals surface area contributed by atoms with Gasteiger partial charge in [-0.2, -0.15) is 5.10 Å². The number of hydrogen-bond acceptors (Lipinski definition) is 5. The number of nitrogens with zero attached hydrogens (tertiary/aromatic N) is 4. The zero-order valence-corrected chi connectivity index (χ0v) is 17.7. The molecule has 3 aromatic rings. The quantitative estimate of drug-likeness (QED) is 0.582. The molecule has 0 radical (unpaired) electrons. The lowest BCUT2D eigenvalue weighted by atomic mass is 10.0. The number of benzene rings is 2. The molecule has 2 heterocycles. The fourth-order valence-corrected chi connectivity index (χ4v) is 3.84. The fourth-order valence-electron chi connectivity index (χ4n) is 3.84. The molecule has 162 valence electrons. The molecule has 0 spiro atoms. The molecule has 1 aliphatic rings. The molecule has 1 unspecified atom stereocenters. The summed E-state index contributed by atoms with van der Waals surface area (Å²) in [6.07, 6.45) is 0. The molecule has 0 saturated heterocycles. The first-order chi connectivity index (χ1) is 15.1. The second kappa shape index (κ2) is 9.18. The molecule has 1 atom stereocenters. The second-order valence-corrected chi connectivity index (χ2v) is 7.51. The molecule has 0 aliphatic carbocycles. The van der Waals surface area contributed by atoms with Crippen molar-refractivity contribution in [3.63, 3.8) is 0 Å².